The van der Waals surface area contributed by atoms with Crippen LogP contribution in [0.5, 0.6) is 0 Å². The van der Waals surface area contributed by atoms with Gasteiger partial charge in [0.25, 0.3) is 0 Å². The van der Waals surface area contributed by atoms with Gasteiger partial charge in [-0.1, -0.05) is 0 Å². The Hall–Kier alpha value is -2.28. The Morgan fingerprint density at radius 3 is 2.00 bits per heavy atom. The lowest BCUT2D eigenvalue weighted by atomic mass is 10.1. The number of unbranched alkanes of at least 4 members (excludes halogenated alkanes) is 1. The topological polar surface area (TPSA) is 217 Å². The average molecular weight is 377 g/mol. The SMILES string of the molecule is NCCCCC(NC(=O)C(N)CO)C(=O)NC(CO)C(=O)NCC(=O)O. The van der Waals surface area contributed by atoms with E-state index in [-0.39, 0.29) is 6.42 Å². The maximum absolute atomic E-state index is 12.3. The molecule has 26 heavy (non-hydrogen) atoms. The third kappa shape index (κ3) is 9.27. The van der Waals surface area contributed by atoms with Crippen LogP contribution >= 0.6 is 0 Å². The monoisotopic (exact) mass is 377 g/mol. The van der Waals surface area contributed by atoms with Gasteiger partial charge in [0.1, 0.15) is 24.7 Å². The standard InChI is InChI=1S/C14H27N5O7/c15-4-2-1-3-9(18-12(24)8(16)6-20)14(26)19-10(7-21)13(25)17-5-11(22)23/h8-10,20-21H,1-7,15-16H2,(H,17,25)(H,18,24)(H,19,26)(H,22,23). The summed E-state index contributed by atoms with van der Waals surface area (Å²) in [5.74, 6) is -3.69. The minimum Gasteiger partial charge on any atom is -0.480 e. The fourth-order valence-corrected chi connectivity index (χ4v) is 1.88. The number of hydrogen-bond donors (Lipinski definition) is 8. The number of aliphatic hydroxyl groups excluding tert-OH is 2. The van der Waals surface area contributed by atoms with Crippen LogP contribution in [-0.4, -0.2) is 83.4 Å². The largest absolute Gasteiger partial charge is 0.480 e. The lowest BCUT2D eigenvalue weighted by Gasteiger charge is -2.23. The fourth-order valence-electron chi connectivity index (χ4n) is 1.88. The smallest absolute Gasteiger partial charge is 0.322 e. The van der Waals surface area contributed by atoms with Crippen molar-refractivity contribution in [3.8, 4) is 0 Å². The second-order valence-corrected chi connectivity index (χ2v) is 5.49. The molecule has 0 aliphatic rings. The average Bonchev–Trinajstić information content (AvgIpc) is 2.62. The van der Waals surface area contributed by atoms with E-state index < -0.39 is 61.6 Å². The first kappa shape index (κ1) is 23.7. The van der Waals surface area contributed by atoms with Crippen molar-refractivity contribution in [2.75, 3.05) is 26.3 Å². The summed E-state index contributed by atoms with van der Waals surface area (Å²) in [5, 5.41) is 33.3. The van der Waals surface area contributed by atoms with Crippen LogP contribution in [0.1, 0.15) is 19.3 Å². The zero-order chi connectivity index (χ0) is 20.1. The predicted molar refractivity (Wildman–Crippen MR) is 89.6 cm³/mol. The zero-order valence-electron chi connectivity index (χ0n) is 14.3. The maximum atomic E-state index is 12.3. The Kier molecular flexibility index (Phi) is 11.9. The number of nitrogens with two attached hydrogens (primary N) is 2. The molecule has 12 heteroatoms. The predicted octanol–water partition coefficient (Wildman–Crippen LogP) is -4.40. The van der Waals surface area contributed by atoms with Crippen LogP contribution < -0.4 is 27.4 Å². The van der Waals surface area contributed by atoms with E-state index in [4.69, 9.17) is 21.7 Å². The molecule has 0 rings (SSSR count). The molecule has 0 heterocycles. The van der Waals surface area contributed by atoms with Gasteiger partial charge in [0.05, 0.1) is 13.2 Å². The number of amides is 3. The maximum Gasteiger partial charge on any atom is 0.322 e. The van der Waals surface area contributed by atoms with Gasteiger partial charge < -0.3 is 42.7 Å². The van der Waals surface area contributed by atoms with Crippen molar-refractivity contribution in [3.63, 3.8) is 0 Å². The highest BCUT2D eigenvalue weighted by atomic mass is 16.4. The van der Waals surface area contributed by atoms with E-state index in [1.165, 1.54) is 0 Å². The van der Waals surface area contributed by atoms with Crippen LogP contribution in [0.3, 0.4) is 0 Å². The van der Waals surface area contributed by atoms with Gasteiger partial charge in [-0.05, 0) is 25.8 Å². The fraction of sp³-hybridized carbons (Fsp3) is 0.714. The van der Waals surface area contributed by atoms with Crippen molar-refractivity contribution < 1.29 is 34.5 Å². The first-order valence-electron chi connectivity index (χ1n) is 8.04. The lowest BCUT2D eigenvalue weighted by Crippen LogP contribution is -2.57. The molecule has 0 radical (unpaired) electrons. The third-order valence-corrected chi connectivity index (χ3v) is 3.34. The van der Waals surface area contributed by atoms with Crippen molar-refractivity contribution in [2.24, 2.45) is 11.5 Å². The highest BCUT2D eigenvalue weighted by Gasteiger charge is 2.27. The normalized spacial score (nSPS) is 14.0. The Bertz CT molecular complexity index is 488. The second kappa shape index (κ2) is 13.0. The number of hydrogen-bond acceptors (Lipinski definition) is 8. The number of carboxylic acid groups (broad SMARTS) is 1. The first-order chi connectivity index (χ1) is 12.3. The number of carbonyl (C=O) groups is 4. The van der Waals surface area contributed by atoms with E-state index >= 15 is 0 Å². The van der Waals surface area contributed by atoms with Crippen molar-refractivity contribution in [2.45, 2.75) is 37.4 Å². The van der Waals surface area contributed by atoms with Gasteiger partial charge in [-0.25, -0.2) is 0 Å². The Morgan fingerprint density at radius 2 is 1.50 bits per heavy atom. The molecule has 3 amide bonds. The van der Waals surface area contributed by atoms with Crippen molar-refractivity contribution in [1.82, 2.24) is 16.0 Å². The number of nitrogens with one attached hydrogen (secondary N) is 3. The molecule has 0 bridgehead atoms. The van der Waals surface area contributed by atoms with Crippen molar-refractivity contribution in [1.29, 1.82) is 0 Å². The van der Waals surface area contributed by atoms with Crippen LogP contribution in [0.4, 0.5) is 0 Å². The van der Waals surface area contributed by atoms with Gasteiger partial charge in [0, 0.05) is 0 Å². The summed E-state index contributed by atoms with van der Waals surface area (Å²) >= 11 is 0. The summed E-state index contributed by atoms with van der Waals surface area (Å²) in [6.07, 6.45) is 1.29. The molecule has 0 aromatic carbocycles. The van der Waals surface area contributed by atoms with E-state index in [0.29, 0.717) is 19.4 Å². The molecule has 0 aromatic heterocycles. The molecule has 150 valence electrons. The Labute approximate surface area is 150 Å². The molecular weight excluding hydrogens is 350 g/mol. The molecule has 10 N–H and O–H groups in total. The van der Waals surface area contributed by atoms with Crippen LogP contribution in [0.25, 0.3) is 0 Å². The number of carboxylic acids is 1. The van der Waals surface area contributed by atoms with Crippen LogP contribution in [0.2, 0.25) is 0 Å². The molecule has 0 aliphatic heterocycles. The summed E-state index contributed by atoms with van der Waals surface area (Å²) in [5.41, 5.74) is 10.8. The molecule has 3 atom stereocenters. The van der Waals surface area contributed by atoms with E-state index in [1.54, 1.807) is 0 Å². The van der Waals surface area contributed by atoms with Crippen molar-refractivity contribution >= 4 is 23.7 Å². The highest BCUT2D eigenvalue weighted by Crippen LogP contribution is 2.02. The molecule has 0 aromatic rings. The molecule has 0 aliphatic carbocycles. The molecular formula is C14H27N5O7. The molecule has 3 unspecified atom stereocenters. The third-order valence-electron chi connectivity index (χ3n) is 3.34. The Balaban J connectivity index is 4.91. The van der Waals surface area contributed by atoms with E-state index in [0.717, 1.165) is 0 Å². The molecule has 0 spiro atoms. The molecule has 12 nitrogen and oxygen atoms in total. The van der Waals surface area contributed by atoms with Crippen LogP contribution in [0, 0.1) is 0 Å². The minimum atomic E-state index is -1.39. The zero-order valence-corrected chi connectivity index (χ0v) is 14.3. The summed E-state index contributed by atoms with van der Waals surface area (Å²) in [4.78, 5) is 46.3. The van der Waals surface area contributed by atoms with E-state index in [1.807, 2.05) is 5.32 Å². The summed E-state index contributed by atoms with van der Waals surface area (Å²) in [7, 11) is 0. The number of aliphatic carboxylic acids is 1. The molecule has 0 saturated carbocycles. The second-order valence-electron chi connectivity index (χ2n) is 5.49. The van der Waals surface area contributed by atoms with Gasteiger partial charge in [-0.3, -0.25) is 19.2 Å². The van der Waals surface area contributed by atoms with E-state index in [9.17, 15) is 24.3 Å². The molecule has 0 saturated heterocycles. The van der Waals surface area contributed by atoms with E-state index in [2.05, 4.69) is 10.6 Å². The number of rotatable bonds is 13. The highest BCUT2D eigenvalue weighted by molar-refractivity contribution is 5.93. The van der Waals surface area contributed by atoms with Gasteiger partial charge in [0.2, 0.25) is 17.7 Å². The quantitative estimate of drug-likeness (QED) is 0.145. The summed E-state index contributed by atoms with van der Waals surface area (Å²) in [6, 6.07) is -3.66. The van der Waals surface area contributed by atoms with Crippen molar-refractivity contribution in [3.05, 3.63) is 0 Å². The van der Waals surface area contributed by atoms with Gasteiger partial charge >= 0.3 is 5.97 Å². The van der Waals surface area contributed by atoms with Crippen LogP contribution in [0.15, 0.2) is 0 Å². The van der Waals surface area contributed by atoms with Gasteiger partial charge in [-0.15, -0.1) is 0 Å². The first-order valence-corrected chi connectivity index (χ1v) is 8.04. The van der Waals surface area contributed by atoms with Gasteiger partial charge in [-0.2, -0.15) is 0 Å². The number of carbonyl (C=O) groups excluding carboxylic acids is 3. The lowest BCUT2D eigenvalue weighted by molar-refractivity contribution is -0.139. The Morgan fingerprint density at radius 1 is 0.885 bits per heavy atom. The van der Waals surface area contributed by atoms with Crippen LogP contribution in [-0.2, 0) is 19.2 Å². The summed E-state index contributed by atoms with van der Waals surface area (Å²) in [6.45, 7) is -1.67. The summed E-state index contributed by atoms with van der Waals surface area (Å²) < 4.78 is 0. The minimum absolute atomic E-state index is 0.196. The van der Waals surface area contributed by atoms with Gasteiger partial charge in [0.15, 0.2) is 0 Å². The number of aliphatic hydroxyl groups is 2. The molecule has 0 fully saturated rings.